The lowest BCUT2D eigenvalue weighted by molar-refractivity contribution is 1.09. The Morgan fingerprint density at radius 3 is 2.50 bits per heavy atom. The molecule has 0 spiro atoms. The molecular weight excluding hydrogens is 322 g/mol. The van der Waals surface area contributed by atoms with Crippen LogP contribution in [0.2, 0.25) is 0 Å². The van der Waals surface area contributed by atoms with Crippen LogP contribution in [-0.4, -0.2) is 25.1 Å². The van der Waals surface area contributed by atoms with Gasteiger partial charge in [0.25, 0.3) is 0 Å². The standard InChI is InChI=1S/C21H15N5/c1-4-16(15-3-2-8-23-13-15)17-11-20(24-18(17)5-1)21-12-19(25-26-21)14-6-9-22-10-7-14/h1-13,24H,(H,25,26). The molecule has 5 heteroatoms. The third kappa shape index (κ3) is 2.46. The fraction of sp³-hybridized carbons (Fsp3) is 0. The number of nitrogens with one attached hydrogen (secondary N) is 2. The quantitative estimate of drug-likeness (QED) is 0.502. The zero-order chi connectivity index (χ0) is 17.3. The zero-order valence-electron chi connectivity index (χ0n) is 13.8. The number of pyridine rings is 2. The van der Waals surface area contributed by atoms with E-state index in [9.17, 15) is 0 Å². The van der Waals surface area contributed by atoms with E-state index >= 15 is 0 Å². The van der Waals surface area contributed by atoms with Gasteiger partial charge < -0.3 is 4.98 Å². The fourth-order valence-electron chi connectivity index (χ4n) is 3.21. The largest absolute Gasteiger partial charge is 0.353 e. The Labute approximate surface area is 149 Å². The Morgan fingerprint density at radius 2 is 1.65 bits per heavy atom. The lowest BCUT2D eigenvalue weighted by Gasteiger charge is -2.02. The van der Waals surface area contributed by atoms with E-state index in [1.54, 1.807) is 18.6 Å². The van der Waals surface area contributed by atoms with Crippen molar-refractivity contribution in [1.29, 1.82) is 0 Å². The number of hydrogen-bond donors (Lipinski definition) is 2. The number of benzene rings is 1. The summed E-state index contributed by atoms with van der Waals surface area (Å²) in [4.78, 5) is 11.8. The van der Waals surface area contributed by atoms with Crippen LogP contribution >= 0.6 is 0 Å². The molecule has 5 nitrogen and oxygen atoms in total. The highest BCUT2D eigenvalue weighted by Crippen LogP contribution is 2.32. The van der Waals surface area contributed by atoms with E-state index in [1.807, 2.05) is 30.5 Å². The van der Waals surface area contributed by atoms with E-state index in [2.05, 4.69) is 55.5 Å². The van der Waals surface area contributed by atoms with Gasteiger partial charge in [0.15, 0.2) is 0 Å². The van der Waals surface area contributed by atoms with Crippen LogP contribution < -0.4 is 0 Å². The summed E-state index contributed by atoms with van der Waals surface area (Å²) in [6.07, 6.45) is 7.23. The summed E-state index contributed by atoms with van der Waals surface area (Å²) < 4.78 is 0. The molecule has 0 fully saturated rings. The van der Waals surface area contributed by atoms with Gasteiger partial charge in [-0.15, -0.1) is 0 Å². The summed E-state index contributed by atoms with van der Waals surface area (Å²) >= 11 is 0. The van der Waals surface area contributed by atoms with E-state index in [0.29, 0.717) is 0 Å². The van der Waals surface area contributed by atoms with Gasteiger partial charge in [-0.1, -0.05) is 18.2 Å². The number of nitrogens with zero attached hydrogens (tertiary/aromatic N) is 3. The summed E-state index contributed by atoms with van der Waals surface area (Å²) in [7, 11) is 0. The number of hydrogen-bond acceptors (Lipinski definition) is 3. The van der Waals surface area contributed by atoms with Gasteiger partial charge in [0.2, 0.25) is 0 Å². The molecule has 0 aliphatic heterocycles. The fourth-order valence-corrected chi connectivity index (χ4v) is 3.21. The predicted molar refractivity (Wildman–Crippen MR) is 102 cm³/mol. The first-order valence-electron chi connectivity index (χ1n) is 8.37. The third-order valence-electron chi connectivity index (χ3n) is 4.48. The summed E-state index contributed by atoms with van der Waals surface area (Å²) in [5, 5.41) is 8.73. The maximum absolute atomic E-state index is 4.47. The second-order valence-electron chi connectivity index (χ2n) is 6.09. The highest BCUT2D eigenvalue weighted by Gasteiger charge is 2.11. The van der Waals surface area contributed by atoms with Gasteiger partial charge in [-0.25, -0.2) is 0 Å². The molecule has 0 unspecified atom stereocenters. The van der Waals surface area contributed by atoms with Gasteiger partial charge >= 0.3 is 0 Å². The van der Waals surface area contributed by atoms with Gasteiger partial charge in [-0.2, -0.15) is 5.10 Å². The molecule has 0 amide bonds. The molecule has 0 saturated heterocycles. The van der Waals surface area contributed by atoms with Crippen LogP contribution in [0.1, 0.15) is 0 Å². The maximum Gasteiger partial charge on any atom is 0.109 e. The molecule has 5 aromatic rings. The van der Waals surface area contributed by atoms with Crippen molar-refractivity contribution >= 4 is 10.9 Å². The lowest BCUT2D eigenvalue weighted by atomic mass is 10.0. The highest BCUT2D eigenvalue weighted by molar-refractivity contribution is 5.97. The third-order valence-corrected chi connectivity index (χ3v) is 4.48. The van der Waals surface area contributed by atoms with Crippen molar-refractivity contribution in [3.05, 3.63) is 79.4 Å². The number of rotatable bonds is 3. The van der Waals surface area contributed by atoms with Crippen molar-refractivity contribution in [2.24, 2.45) is 0 Å². The summed E-state index contributed by atoms with van der Waals surface area (Å²) in [5.41, 5.74) is 7.22. The molecule has 5 rings (SSSR count). The predicted octanol–water partition coefficient (Wildman–Crippen LogP) is 4.68. The topological polar surface area (TPSA) is 70.2 Å². The first-order chi connectivity index (χ1) is 12.9. The van der Waals surface area contributed by atoms with Crippen LogP contribution in [0.4, 0.5) is 0 Å². The maximum atomic E-state index is 4.47. The average molecular weight is 337 g/mol. The van der Waals surface area contributed by atoms with E-state index in [1.165, 1.54) is 0 Å². The van der Waals surface area contributed by atoms with Crippen LogP contribution in [0.5, 0.6) is 0 Å². The summed E-state index contributed by atoms with van der Waals surface area (Å²) in [5.74, 6) is 0. The van der Waals surface area contributed by atoms with Crippen molar-refractivity contribution < 1.29 is 0 Å². The normalized spacial score (nSPS) is 11.1. The molecule has 26 heavy (non-hydrogen) atoms. The first-order valence-corrected chi connectivity index (χ1v) is 8.37. The second-order valence-corrected chi connectivity index (χ2v) is 6.09. The molecule has 1 aromatic carbocycles. The van der Waals surface area contributed by atoms with E-state index in [-0.39, 0.29) is 0 Å². The van der Waals surface area contributed by atoms with E-state index in [0.717, 1.165) is 44.7 Å². The first kappa shape index (κ1) is 14.6. The Balaban J connectivity index is 1.60. The van der Waals surface area contributed by atoms with Crippen LogP contribution in [0.15, 0.2) is 79.4 Å². The molecular formula is C21H15N5. The zero-order valence-corrected chi connectivity index (χ0v) is 13.8. The molecule has 0 radical (unpaired) electrons. The van der Waals surface area contributed by atoms with Crippen molar-refractivity contribution in [2.45, 2.75) is 0 Å². The molecule has 4 aromatic heterocycles. The van der Waals surface area contributed by atoms with Crippen molar-refractivity contribution in [1.82, 2.24) is 25.1 Å². The lowest BCUT2D eigenvalue weighted by Crippen LogP contribution is -1.79. The average Bonchev–Trinajstić information content (AvgIpc) is 3.36. The summed E-state index contributed by atoms with van der Waals surface area (Å²) in [6, 6.07) is 18.4. The van der Waals surface area contributed by atoms with Gasteiger partial charge in [-0.05, 0) is 42.0 Å². The summed E-state index contributed by atoms with van der Waals surface area (Å²) in [6.45, 7) is 0. The Bertz CT molecular complexity index is 1170. The number of aromatic nitrogens is 5. The Hall–Kier alpha value is -3.73. The van der Waals surface area contributed by atoms with Gasteiger partial charge in [0, 0.05) is 46.8 Å². The highest BCUT2D eigenvalue weighted by atomic mass is 15.1. The Morgan fingerprint density at radius 1 is 0.731 bits per heavy atom. The monoisotopic (exact) mass is 337 g/mol. The number of aromatic amines is 2. The van der Waals surface area contributed by atoms with Crippen LogP contribution in [0.3, 0.4) is 0 Å². The smallest absolute Gasteiger partial charge is 0.109 e. The van der Waals surface area contributed by atoms with Crippen molar-refractivity contribution in [3.8, 4) is 33.8 Å². The SMILES string of the molecule is c1cncc(-c2cccc3[nH]c(-c4cc(-c5ccncc5)[nH]n4)cc23)c1. The minimum atomic E-state index is 0.880. The molecule has 0 aliphatic carbocycles. The molecule has 0 aliphatic rings. The van der Waals surface area contributed by atoms with E-state index < -0.39 is 0 Å². The van der Waals surface area contributed by atoms with Crippen LogP contribution in [0, 0.1) is 0 Å². The second kappa shape index (κ2) is 5.97. The van der Waals surface area contributed by atoms with Crippen molar-refractivity contribution in [3.63, 3.8) is 0 Å². The molecule has 0 saturated carbocycles. The molecule has 4 heterocycles. The molecule has 0 atom stereocenters. The number of H-pyrrole nitrogens is 2. The van der Waals surface area contributed by atoms with Crippen LogP contribution in [0.25, 0.3) is 44.7 Å². The molecule has 0 bridgehead atoms. The Kier molecular flexibility index (Phi) is 3.35. The van der Waals surface area contributed by atoms with Crippen molar-refractivity contribution in [2.75, 3.05) is 0 Å². The molecule has 124 valence electrons. The van der Waals surface area contributed by atoms with Gasteiger partial charge in [-0.3, -0.25) is 15.1 Å². The van der Waals surface area contributed by atoms with E-state index in [4.69, 9.17) is 0 Å². The molecule has 2 N–H and O–H groups in total. The minimum Gasteiger partial charge on any atom is -0.353 e. The van der Waals surface area contributed by atoms with Gasteiger partial charge in [0.05, 0.1) is 11.4 Å². The van der Waals surface area contributed by atoms with Crippen LogP contribution in [-0.2, 0) is 0 Å². The number of fused-ring (bicyclic) bond motifs is 1. The minimum absolute atomic E-state index is 0.880. The van der Waals surface area contributed by atoms with Gasteiger partial charge in [0.1, 0.15) is 5.69 Å².